The van der Waals surface area contributed by atoms with E-state index < -0.39 is 5.60 Å². The van der Waals surface area contributed by atoms with Crippen LogP contribution in [-0.4, -0.2) is 34.5 Å². The van der Waals surface area contributed by atoms with Crippen molar-refractivity contribution in [2.24, 2.45) is 0 Å². The first kappa shape index (κ1) is 10.0. The van der Waals surface area contributed by atoms with E-state index in [1.165, 1.54) is 11.8 Å². The molecule has 0 spiro atoms. The number of rotatable bonds is 3. The van der Waals surface area contributed by atoms with Gasteiger partial charge in [-0.1, -0.05) is 11.8 Å². The number of nitrogens with one attached hydrogen (secondary N) is 1. The molecule has 0 bridgehead atoms. The van der Waals surface area contributed by atoms with E-state index in [0.717, 1.165) is 25.9 Å². The van der Waals surface area contributed by atoms with Gasteiger partial charge in [-0.15, -0.1) is 0 Å². The van der Waals surface area contributed by atoms with Gasteiger partial charge in [-0.2, -0.15) is 0 Å². The molecule has 78 valence electrons. The van der Waals surface area contributed by atoms with Crippen molar-refractivity contribution in [3.05, 3.63) is 12.5 Å². The minimum atomic E-state index is -0.551. The van der Waals surface area contributed by atoms with Gasteiger partial charge in [0.25, 0.3) is 5.22 Å². The van der Waals surface area contributed by atoms with E-state index in [9.17, 15) is 5.11 Å². The van der Waals surface area contributed by atoms with Crippen LogP contribution in [0.2, 0.25) is 0 Å². The second-order valence-corrected chi connectivity index (χ2v) is 4.49. The third-order valence-electron chi connectivity index (χ3n) is 2.41. The number of aromatic nitrogens is 1. The highest BCUT2D eigenvalue weighted by atomic mass is 32.2. The van der Waals surface area contributed by atoms with Gasteiger partial charge in [0.15, 0.2) is 0 Å². The largest absolute Gasteiger partial charge is 0.440 e. The number of hydrogen-bond acceptors (Lipinski definition) is 5. The Balaban J connectivity index is 1.84. The molecule has 0 amide bonds. The van der Waals surface area contributed by atoms with E-state index >= 15 is 0 Å². The van der Waals surface area contributed by atoms with Gasteiger partial charge in [0.05, 0.1) is 11.8 Å². The molecule has 2 heterocycles. The minimum Gasteiger partial charge on any atom is -0.440 e. The Morgan fingerprint density at radius 2 is 2.36 bits per heavy atom. The standard InChI is InChI=1S/C9H14N2O2S/c12-9(1-3-10-4-2-9)7-14-8-11-5-6-13-8/h5-6,10,12H,1-4,7H2. The molecule has 0 atom stereocenters. The van der Waals surface area contributed by atoms with Crippen LogP contribution in [-0.2, 0) is 0 Å². The smallest absolute Gasteiger partial charge is 0.255 e. The van der Waals surface area contributed by atoms with Gasteiger partial charge in [-0.05, 0) is 25.9 Å². The van der Waals surface area contributed by atoms with E-state index in [4.69, 9.17) is 4.42 Å². The summed E-state index contributed by atoms with van der Waals surface area (Å²) in [7, 11) is 0. The van der Waals surface area contributed by atoms with Crippen LogP contribution in [0.25, 0.3) is 0 Å². The summed E-state index contributed by atoms with van der Waals surface area (Å²) in [6.45, 7) is 1.78. The van der Waals surface area contributed by atoms with Crippen molar-refractivity contribution in [2.75, 3.05) is 18.8 Å². The molecule has 1 saturated heterocycles. The zero-order valence-electron chi connectivity index (χ0n) is 7.90. The Morgan fingerprint density at radius 3 is 3.00 bits per heavy atom. The quantitative estimate of drug-likeness (QED) is 0.731. The molecule has 1 fully saturated rings. The van der Waals surface area contributed by atoms with Crippen molar-refractivity contribution < 1.29 is 9.52 Å². The molecule has 2 rings (SSSR count). The molecule has 14 heavy (non-hydrogen) atoms. The van der Waals surface area contributed by atoms with Crippen LogP contribution < -0.4 is 5.32 Å². The van der Waals surface area contributed by atoms with E-state index in [-0.39, 0.29) is 0 Å². The predicted molar refractivity (Wildman–Crippen MR) is 54.3 cm³/mol. The van der Waals surface area contributed by atoms with Crippen molar-refractivity contribution in [1.29, 1.82) is 0 Å². The van der Waals surface area contributed by atoms with Crippen LogP contribution in [0.4, 0.5) is 0 Å². The molecular formula is C9H14N2O2S. The summed E-state index contributed by atoms with van der Waals surface area (Å²) in [6.07, 6.45) is 4.78. The maximum atomic E-state index is 10.1. The molecular weight excluding hydrogens is 200 g/mol. The lowest BCUT2D eigenvalue weighted by molar-refractivity contribution is 0.0337. The van der Waals surface area contributed by atoms with Crippen LogP contribution in [0.3, 0.4) is 0 Å². The maximum Gasteiger partial charge on any atom is 0.255 e. The first-order chi connectivity index (χ1) is 6.79. The normalized spacial score (nSPS) is 20.9. The number of piperidine rings is 1. The van der Waals surface area contributed by atoms with E-state index in [1.807, 2.05) is 0 Å². The van der Waals surface area contributed by atoms with Crippen molar-refractivity contribution >= 4 is 11.8 Å². The molecule has 0 saturated carbocycles. The van der Waals surface area contributed by atoms with Gasteiger partial charge >= 0.3 is 0 Å². The van der Waals surface area contributed by atoms with Crippen LogP contribution in [0, 0.1) is 0 Å². The van der Waals surface area contributed by atoms with Crippen LogP contribution in [0.15, 0.2) is 22.1 Å². The highest BCUT2D eigenvalue weighted by molar-refractivity contribution is 7.99. The molecule has 0 aliphatic carbocycles. The second kappa shape index (κ2) is 4.33. The van der Waals surface area contributed by atoms with Crippen molar-refractivity contribution in [3.63, 3.8) is 0 Å². The van der Waals surface area contributed by atoms with Crippen LogP contribution >= 0.6 is 11.8 Å². The molecule has 1 aromatic rings. The number of aliphatic hydroxyl groups is 1. The summed E-state index contributed by atoms with van der Waals surface area (Å²) in [5.41, 5.74) is -0.551. The van der Waals surface area contributed by atoms with E-state index in [1.54, 1.807) is 12.5 Å². The number of hydrogen-bond donors (Lipinski definition) is 2. The fraction of sp³-hybridized carbons (Fsp3) is 0.667. The third kappa shape index (κ3) is 2.50. The van der Waals surface area contributed by atoms with Crippen LogP contribution in [0.1, 0.15) is 12.8 Å². The van der Waals surface area contributed by atoms with Gasteiger partial charge in [-0.3, -0.25) is 0 Å². The Kier molecular flexibility index (Phi) is 3.10. The van der Waals surface area contributed by atoms with Crippen molar-refractivity contribution in [3.8, 4) is 0 Å². The Morgan fingerprint density at radius 1 is 1.57 bits per heavy atom. The average Bonchev–Trinajstić information content (AvgIpc) is 2.69. The molecule has 4 nitrogen and oxygen atoms in total. The monoisotopic (exact) mass is 214 g/mol. The van der Waals surface area contributed by atoms with Gasteiger partial charge in [0.2, 0.25) is 0 Å². The summed E-state index contributed by atoms with van der Waals surface area (Å²) < 4.78 is 5.09. The Bertz CT molecular complexity index is 270. The SMILES string of the molecule is OC1(CSc2ncco2)CCNCC1. The molecule has 1 aliphatic rings. The Labute approximate surface area is 87.1 Å². The summed E-state index contributed by atoms with van der Waals surface area (Å²) >= 11 is 1.48. The fourth-order valence-corrected chi connectivity index (χ4v) is 2.45. The van der Waals surface area contributed by atoms with Crippen molar-refractivity contribution in [2.45, 2.75) is 23.7 Å². The summed E-state index contributed by atoms with van der Waals surface area (Å²) in [6, 6.07) is 0. The topological polar surface area (TPSA) is 58.3 Å². The van der Waals surface area contributed by atoms with Gasteiger partial charge in [0, 0.05) is 5.75 Å². The first-order valence-corrected chi connectivity index (χ1v) is 5.72. The van der Waals surface area contributed by atoms with Crippen LogP contribution in [0.5, 0.6) is 0 Å². The zero-order chi connectivity index (χ0) is 9.86. The average molecular weight is 214 g/mol. The highest BCUT2D eigenvalue weighted by Crippen LogP contribution is 2.26. The number of nitrogens with zero attached hydrogens (tertiary/aromatic N) is 1. The molecule has 2 N–H and O–H groups in total. The molecule has 0 radical (unpaired) electrons. The zero-order valence-corrected chi connectivity index (χ0v) is 8.72. The lowest BCUT2D eigenvalue weighted by atomic mass is 9.95. The van der Waals surface area contributed by atoms with E-state index in [2.05, 4.69) is 10.3 Å². The summed E-state index contributed by atoms with van der Waals surface area (Å²) in [5, 5.41) is 14.0. The fourth-order valence-electron chi connectivity index (χ4n) is 1.51. The molecule has 5 heteroatoms. The van der Waals surface area contributed by atoms with Crippen molar-refractivity contribution in [1.82, 2.24) is 10.3 Å². The second-order valence-electron chi connectivity index (χ2n) is 3.56. The minimum absolute atomic E-state index is 0.551. The molecule has 0 unspecified atom stereocenters. The molecule has 0 aromatic carbocycles. The summed E-state index contributed by atoms with van der Waals surface area (Å²) in [5.74, 6) is 0.662. The lowest BCUT2D eigenvalue weighted by Crippen LogP contribution is -2.43. The molecule has 1 aromatic heterocycles. The summed E-state index contributed by atoms with van der Waals surface area (Å²) in [4.78, 5) is 4.00. The van der Waals surface area contributed by atoms with Gasteiger partial charge in [0.1, 0.15) is 6.26 Å². The van der Waals surface area contributed by atoms with E-state index in [0.29, 0.717) is 11.0 Å². The van der Waals surface area contributed by atoms with Gasteiger partial charge < -0.3 is 14.8 Å². The third-order valence-corrected chi connectivity index (χ3v) is 3.54. The number of thioether (sulfide) groups is 1. The lowest BCUT2D eigenvalue weighted by Gasteiger charge is -2.31. The number of oxazole rings is 1. The predicted octanol–water partition coefficient (Wildman–Crippen LogP) is 0.881. The maximum absolute atomic E-state index is 10.1. The Hall–Kier alpha value is -0.520. The molecule has 1 aliphatic heterocycles. The van der Waals surface area contributed by atoms with Gasteiger partial charge in [-0.25, -0.2) is 4.98 Å². The first-order valence-electron chi connectivity index (χ1n) is 4.74. The highest BCUT2D eigenvalue weighted by Gasteiger charge is 2.29.